The molecule has 1 aliphatic rings. The summed E-state index contributed by atoms with van der Waals surface area (Å²) in [5, 5.41) is 0. The van der Waals surface area contributed by atoms with Crippen molar-refractivity contribution in [1.29, 1.82) is 0 Å². The van der Waals surface area contributed by atoms with Gasteiger partial charge in [-0.15, -0.1) is 11.6 Å². The lowest BCUT2D eigenvalue weighted by Gasteiger charge is -2.33. The summed E-state index contributed by atoms with van der Waals surface area (Å²) in [6.45, 7) is 0.189. The summed E-state index contributed by atoms with van der Waals surface area (Å²) in [6.07, 6.45) is 2.58. The molecule has 0 aromatic carbocycles. The fourth-order valence-electron chi connectivity index (χ4n) is 1.83. The lowest BCUT2D eigenvalue weighted by Crippen LogP contribution is -2.46. The van der Waals surface area contributed by atoms with Crippen molar-refractivity contribution >= 4 is 21.6 Å². The molecule has 1 atom stereocenters. The van der Waals surface area contributed by atoms with Crippen LogP contribution in [0.1, 0.15) is 25.7 Å². The van der Waals surface area contributed by atoms with Crippen LogP contribution in [0.3, 0.4) is 0 Å². The minimum atomic E-state index is -4.43. The van der Waals surface area contributed by atoms with E-state index in [4.69, 9.17) is 11.6 Å². The number of sulfonamides is 1. The predicted octanol–water partition coefficient (Wildman–Crippen LogP) is 2.02. The Morgan fingerprint density at radius 2 is 2.07 bits per heavy atom. The van der Waals surface area contributed by atoms with E-state index in [1.54, 1.807) is 0 Å². The highest BCUT2D eigenvalue weighted by molar-refractivity contribution is 7.89. The van der Waals surface area contributed by atoms with Gasteiger partial charge in [-0.25, -0.2) is 8.42 Å². The van der Waals surface area contributed by atoms with E-state index >= 15 is 0 Å². The first-order chi connectivity index (χ1) is 7.00. The molecule has 1 heterocycles. The maximum atomic E-state index is 12.3. The Bertz CT molecular complexity index is 295. The third-order valence-corrected chi connectivity index (χ3v) is 4.37. The van der Waals surface area contributed by atoms with Crippen LogP contribution in [0.5, 0.6) is 0 Å². The average molecular weight is 262 g/mol. The van der Waals surface area contributed by atoms with Crippen molar-refractivity contribution in [2.45, 2.75) is 37.5 Å². The molecule has 0 amide bonds. The van der Waals surface area contributed by atoms with Crippen molar-refractivity contribution in [3.63, 3.8) is 0 Å². The second-order valence-corrected chi connectivity index (χ2v) is 5.78. The normalized spacial score (nSPS) is 24.7. The summed E-state index contributed by atoms with van der Waals surface area (Å²) in [6, 6.07) is -0.352. The molecule has 7 heteroatoms. The number of rotatable bonds is 4. The van der Waals surface area contributed by atoms with E-state index in [2.05, 4.69) is 0 Å². The van der Waals surface area contributed by atoms with Gasteiger partial charge in [-0.2, -0.15) is 13.1 Å². The molecule has 90 valence electrons. The van der Waals surface area contributed by atoms with Gasteiger partial charge < -0.3 is 0 Å². The topological polar surface area (TPSA) is 37.4 Å². The third kappa shape index (κ3) is 3.01. The molecule has 0 bridgehead atoms. The zero-order valence-electron chi connectivity index (χ0n) is 8.20. The fourth-order valence-corrected chi connectivity index (χ4v) is 3.29. The minimum absolute atomic E-state index is 0.189. The monoisotopic (exact) mass is 261 g/mol. The standard InChI is InChI=1S/C8H14ClF2NO2S/c9-5-4-7-3-1-2-6-12(7)15(13,14)8(10)11/h7-8H,1-6H2. The molecule has 0 N–H and O–H groups in total. The molecule has 1 aliphatic heterocycles. The summed E-state index contributed by atoms with van der Waals surface area (Å²) in [5.74, 6) is -3.03. The average Bonchev–Trinajstić information content (AvgIpc) is 2.18. The quantitative estimate of drug-likeness (QED) is 0.726. The maximum Gasteiger partial charge on any atom is 0.350 e. The Morgan fingerprint density at radius 1 is 1.40 bits per heavy atom. The molecule has 1 rings (SSSR count). The molecule has 0 aromatic heterocycles. The summed E-state index contributed by atoms with van der Waals surface area (Å²) >= 11 is 5.52. The number of nitrogens with zero attached hydrogens (tertiary/aromatic N) is 1. The van der Waals surface area contributed by atoms with Crippen molar-refractivity contribution in [3.05, 3.63) is 0 Å². The van der Waals surface area contributed by atoms with Crippen molar-refractivity contribution in [3.8, 4) is 0 Å². The van der Waals surface area contributed by atoms with Gasteiger partial charge in [-0.3, -0.25) is 0 Å². The molecular formula is C8H14ClF2NO2S. The van der Waals surface area contributed by atoms with Crippen LogP contribution in [0.15, 0.2) is 0 Å². The Kier molecular flexibility index (Phi) is 4.73. The minimum Gasteiger partial charge on any atom is -0.206 e. The number of halogens is 3. The van der Waals surface area contributed by atoms with E-state index < -0.39 is 15.8 Å². The summed E-state index contributed by atoms with van der Waals surface area (Å²) < 4.78 is 48.2. The number of alkyl halides is 3. The van der Waals surface area contributed by atoms with Gasteiger partial charge in [0.1, 0.15) is 0 Å². The Labute approximate surface area is 93.4 Å². The van der Waals surface area contributed by atoms with Crippen molar-refractivity contribution in [2.75, 3.05) is 12.4 Å². The number of hydrogen-bond donors (Lipinski definition) is 0. The van der Waals surface area contributed by atoms with Crippen molar-refractivity contribution in [2.24, 2.45) is 0 Å². The van der Waals surface area contributed by atoms with Gasteiger partial charge >= 0.3 is 5.76 Å². The summed E-state index contributed by atoms with van der Waals surface area (Å²) in [4.78, 5) is 0. The molecule has 15 heavy (non-hydrogen) atoms. The molecule has 0 saturated carbocycles. The first-order valence-corrected chi connectivity index (χ1v) is 6.88. The van der Waals surface area contributed by atoms with E-state index in [0.717, 1.165) is 10.7 Å². The van der Waals surface area contributed by atoms with E-state index in [9.17, 15) is 17.2 Å². The lowest BCUT2D eigenvalue weighted by molar-refractivity contribution is 0.190. The highest BCUT2D eigenvalue weighted by Crippen LogP contribution is 2.26. The highest BCUT2D eigenvalue weighted by atomic mass is 35.5. The molecule has 0 spiro atoms. The second-order valence-electron chi connectivity index (χ2n) is 3.54. The Hall–Kier alpha value is 0.0600. The van der Waals surface area contributed by atoms with Gasteiger partial charge in [-0.05, 0) is 19.3 Å². The zero-order chi connectivity index (χ0) is 11.5. The SMILES string of the molecule is O=S(=O)(C(F)F)N1CCCCC1CCCl. The van der Waals surface area contributed by atoms with Crippen molar-refractivity contribution in [1.82, 2.24) is 4.31 Å². The smallest absolute Gasteiger partial charge is 0.206 e. The first kappa shape index (κ1) is 13.1. The van der Waals surface area contributed by atoms with Crippen LogP contribution >= 0.6 is 11.6 Å². The second kappa shape index (κ2) is 5.41. The molecular weight excluding hydrogens is 248 g/mol. The number of piperidine rings is 1. The molecule has 3 nitrogen and oxygen atoms in total. The van der Waals surface area contributed by atoms with Gasteiger partial charge in [0.2, 0.25) is 0 Å². The third-order valence-electron chi connectivity index (χ3n) is 2.57. The van der Waals surface area contributed by atoms with Gasteiger partial charge in [-0.1, -0.05) is 6.42 Å². The highest BCUT2D eigenvalue weighted by Gasteiger charge is 2.37. The van der Waals surface area contributed by atoms with E-state index in [0.29, 0.717) is 25.1 Å². The van der Waals surface area contributed by atoms with Crippen LogP contribution in [0.4, 0.5) is 8.78 Å². The van der Waals surface area contributed by atoms with Crippen LogP contribution in [-0.4, -0.2) is 36.9 Å². The summed E-state index contributed by atoms with van der Waals surface area (Å²) in [7, 11) is -4.43. The van der Waals surface area contributed by atoms with Gasteiger partial charge in [0, 0.05) is 18.5 Å². The van der Waals surface area contributed by atoms with E-state index in [-0.39, 0.29) is 12.6 Å². The van der Waals surface area contributed by atoms with Crippen LogP contribution < -0.4 is 0 Å². The largest absolute Gasteiger partial charge is 0.350 e. The molecule has 1 saturated heterocycles. The molecule has 1 unspecified atom stereocenters. The van der Waals surface area contributed by atoms with Gasteiger partial charge in [0.25, 0.3) is 10.0 Å². The van der Waals surface area contributed by atoms with E-state index in [1.807, 2.05) is 0 Å². The van der Waals surface area contributed by atoms with Crippen LogP contribution in [-0.2, 0) is 10.0 Å². The predicted molar refractivity (Wildman–Crippen MR) is 54.6 cm³/mol. The van der Waals surface area contributed by atoms with E-state index in [1.165, 1.54) is 0 Å². The van der Waals surface area contributed by atoms with Gasteiger partial charge in [0.05, 0.1) is 0 Å². The first-order valence-electron chi connectivity index (χ1n) is 4.85. The molecule has 0 radical (unpaired) electrons. The van der Waals surface area contributed by atoms with Gasteiger partial charge in [0.15, 0.2) is 0 Å². The molecule has 1 fully saturated rings. The lowest BCUT2D eigenvalue weighted by atomic mass is 10.0. The molecule has 0 aromatic rings. The van der Waals surface area contributed by atoms with Crippen LogP contribution in [0, 0.1) is 0 Å². The fraction of sp³-hybridized carbons (Fsp3) is 1.00. The molecule has 0 aliphatic carbocycles. The number of hydrogen-bond acceptors (Lipinski definition) is 2. The summed E-state index contributed by atoms with van der Waals surface area (Å²) in [5.41, 5.74) is 0. The Balaban J connectivity index is 2.80. The Morgan fingerprint density at radius 3 is 2.60 bits per heavy atom. The van der Waals surface area contributed by atoms with Crippen LogP contribution in [0.25, 0.3) is 0 Å². The van der Waals surface area contributed by atoms with Crippen molar-refractivity contribution < 1.29 is 17.2 Å². The zero-order valence-corrected chi connectivity index (χ0v) is 9.78. The van der Waals surface area contributed by atoms with Crippen LogP contribution in [0.2, 0.25) is 0 Å². The maximum absolute atomic E-state index is 12.3.